The Hall–Kier alpha value is -3.60. The Bertz CT molecular complexity index is 1110. The number of fused-ring (bicyclic) bond motifs is 1. The summed E-state index contributed by atoms with van der Waals surface area (Å²) in [4.78, 5) is 27.7. The van der Waals surface area contributed by atoms with Crippen molar-refractivity contribution in [2.24, 2.45) is 0 Å². The highest BCUT2D eigenvalue weighted by atomic mass is 16.2. The normalized spacial score (nSPS) is 12.9. The predicted octanol–water partition coefficient (Wildman–Crippen LogP) is 5.03. The molecular formula is C27H29N3O2. The molecule has 0 radical (unpaired) electrons. The summed E-state index contributed by atoms with van der Waals surface area (Å²) >= 11 is 0. The number of para-hydroxylation sites is 2. The average Bonchev–Trinajstić information content (AvgIpc) is 2.79. The summed E-state index contributed by atoms with van der Waals surface area (Å²) in [6.07, 6.45) is 2.28. The van der Waals surface area contributed by atoms with Gasteiger partial charge in [0.05, 0.1) is 11.3 Å². The first kappa shape index (κ1) is 21.6. The molecule has 164 valence electrons. The summed E-state index contributed by atoms with van der Waals surface area (Å²) < 4.78 is 0. The fraction of sp³-hybridized carbons (Fsp3) is 0.259. The second kappa shape index (κ2) is 9.69. The second-order valence-corrected chi connectivity index (χ2v) is 8.48. The average molecular weight is 428 g/mol. The van der Waals surface area contributed by atoms with Gasteiger partial charge < -0.3 is 15.5 Å². The fourth-order valence-corrected chi connectivity index (χ4v) is 4.08. The summed E-state index contributed by atoms with van der Waals surface area (Å²) in [7, 11) is 0. The molecule has 5 nitrogen and oxygen atoms in total. The van der Waals surface area contributed by atoms with Crippen LogP contribution in [0.4, 0.5) is 11.4 Å². The number of nitrogens with zero attached hydrogens (tertiary/aromatic N) is 1. The number of carbonyl (C=O) groups is 2. The van der Waals surface area contributed by atoms with Crippen LogP contribution >= 0.6 is 0 Å². The maximum atomic E-state index is 12.8. The molecule has 0 aromatic heterocycles. The lowest BCUT2D eigenvalue weighted by Gasteiger charge is -2.31. The van der Waals surface area contributed by atoms with E-state index in [1.807, 2.05) is 38.1 Å². The molecule has 3 aromatic carbocycles. The van der Waals surface area contributed by atoms with Crippen molar-refractivity contribution >= 4 is 23.2 Å². The van der Waals surface area contributed by atoms with Gasteiger partial charge in [0.2, 0.25) is 0 Å². The van der Waals surface area contributed by atoms with Crippen molar-refractivity contribution in [1.82, 2.24) is 5.32 Å². The van der Waals surface area contributed by atoms with Crippen LogP contribution in [0.15, 0.2) is 72.8 Å². The molecule has 2 N–H and O–H groups in total. The van der Waals surface area contributed by atoms with E-state index in [0.717, 1.165) is 31.5 Å². The summed E-state index contributed by atoms with van der Waals surface area (Å²) in [6.45, 7) is 5.66. The predicted molar refractivity (Wildman–Crippen MR) is 129 cm³/mol. The molecule has 0 atom stereocenters. The van der Waals surface area contributed by atoms with Gasteiger partial charge >= 0.3 is 0 Å². The van der Waals surface area contributed by atoms with Gasteiger partial charge in [-0.15, -0.1) is 0 Å². The monoisotopic (exact) mass is 427 g/mol. The van der Waals surface area contributed by atoms with Crippen molar-refractivity contribution in [1.29, 1.82) is 0 Å². The number of hydrogen-bond acceptors (Lipinski definition) is 3. The van der Waals surface area contributed by atoms with Crippen molar-refractivity contribution in [3.05, 3.63) is 95.1 Å². The lowest BCUT2D eigenvalue weighted by molar-refractivity contribution is 0.0944. The third kappa shape index (κ3) is 4.99. The minimum absolute atomic E-state index is 0.0191. The molecule has 4 rings (SSSR count). The molecule has 0 saturated heterocycles. The van der Waals surface area contributed by atoms with Crippen LogP contribution in [0.1, 0.15) is 52.1 Å². The Labute approximate surface area is 189 Å². The van der Waals surface area contributed by atoms with E-state index in [1.165, 1.54) is 11.3 Å². The van der Waals surface area contributed by atoms with Crippen molar-refractivity contribution in [2.75, 3.05) is 16.8 Å². The van der Waals surface area contributed by atoms with Crippen molar-refractivity contribution < 1.29 is 9.59 Å². The van der Waals surface area contributed by atoms with Crippen LogP contribution in [0.2, 0.25) is 0 Å². The summed E-state index contributed by atoms with van der Waals surface area (Å²) in [5.74, 6) is -0.433. The van der Waals surface area contributed by atoms with E-state index in [2.05, 4.69) is 39.8 Å². The van der Waals surface area contributed by atoms with Crippen LogP contribution in [0.3, 0.4) is 0 Å². The Morgan fingerprint density at radius 2 is 1.62 bits per heavy atom. The van der Waals surface area contributed by atoms with Crippen LogP contribution in [-0.2, 0) is 13.0 Å². The van der Waals surface area contributed by atoms with Gasteiger partial charge in [-0.25, -0.2) is 0 Å². The number of anilines is 2. The van der Waals surface area contributed by atoms with E-state index in [0.29, 0.717) is 16.8 Å². The van der Waals surface area contributed by atoms with Crippen LogP contribution in [-0.4, -0.2) is 24.4 Å². The summed E-state index contributed by atoms with van der Waals surface area (Å²) in [6, 6.07) is 23.3. The zero-order valence-corrected chi connectivity index (χ0v) is 18.6. The summed E-state index contributed by atoms with van der Waals surface area (Å²) in [5, 5.41) is 5.76. The molecule has 0 spiro atoms. The first-order valence-corrected chi connectivity index (χ1v) is 11.1. The van der Waals surface area contributed by atoms with Gasteiger partial charge in [0.25, 0.3) is 11.8 Å². The molecule has 0 unspecified atom stereocenters. The zero-order valence-electron chi connectivity index (χ0n) is 18.6. The first-order valence-electron chi connectivity index (χ1n) is 11.1. The Morgan fingerprint density at radius 3 is 2.41 bits per heavy atom. The van der Waals surface area contributed by atoms with E-state index in [4.69, 9.17) is 0 Å². The third-order valence-corrected chi connectivity index (χ3v) is 5.64. The molecule has 5 heteroatoms. The molecule has 3 aromatic rings. The van der Waals surface area contributed by atoms with E-state index in [1.54, 1.807) is 24.3 Å². The van der Waals surface area contributed by atoms with Crippen molar-refractivity contribution in [3.8, 4) is 0 Å². The molecule has 0 bridgehead atoms. The topological polar surface area (TPSA) is 61.4 Å². The number of amides is 2. The van der Waals surface area contributed by atoms with Crippen molar-refractivity contribution in [3.63, 3.8) is 0 Å². The standard InChI is InChI=1S/C27H29N3O2/c1-19(2)28-27(32)23-10-4-5-11-24(23)29-26(31)22-15-13-20(14-16-22)18-30-17-7-9-21-8-3-6-12-25(21)30/h3-6,8,10-16,19H,7,9,17-18H2,1-2H3,(H,28,32)(H,29,31). The first-order chi connectivity index (χ1) is 15.5. The lowest BCUT2D eigenvalue weighted by atomic mass is 10.0. The Balaban J connectivity index is 1.44. The number of aryl methyl sites for hydroxylation is 1. The molecule has 1 heterocycles. The zero-order chi connectivity index (χ0) is 22.5. The quantitative estimate of drug-likeness (QED) is 0.580. The van der Waals surface area contributed by atoms with Gasteiger partial charge in [0.15, 0.2) is 0 Å². The van der Waals surface area contributed by atoms with E-state index in [-0.39, 0.29) is 17.9 Å². The van der Waals surface area contributed by atoms with Gasteiger partial charge in [-0.1, -0.05) is 42.5 Å². The molecule has 1 aliphatic rings. The minimum atomic E-state index is -0.232. The Kier molecular flexibility index (Phi) is 6.55. The molecule has 0 fully saturated rings. The highest BCUT2D eigenvalue weighted by molar-refractivity contribution is 6.09. The molecular weight excluding hydrogens is 398 g/mol. The van der Waals surface area contributed by atoms with Gasteiger partial charge in [-0.2, -0.15) is 0 Å². The molecule has 0 saturated carbocycles. The highest BCUT2D eigenvalue weighted by Gasteiger charge is 2.17. The Morgan fingerprint density at radius 1 is 0.906 bits per heavy atom. The number of rotatable bonds is 6. The number of hydrogen-bond donors (Lipinski definition) is 2. The van der Waals surface area contributed by atoms with Gasteiger partial charge in [-0.05, 0) is 68.1 Å². The van der Waals surface area contributed by atoms with Crippen molar-refractivity contribution in [2.45, 2.75) is 39.3 Å². The second-order valence-electron chi connectivity index (χ2n) is 8.48. The van der Waals surface area contributed by atoms with Crippen LogP contribution in [0.5, 0.6) is 0 Å². The van der Waals surface area contributed by atoms with Crippen LogP contribution in [0, 0.1) is 0 Å². The highest BCUT2D eigenvalue weighted by Crippen LogP contribution is 2.28. The van der Waals surface area contributed by atoms with Gasteiger partial charge in [-0.3, -0.25) is 9.59 Å². The fourth-order valence-electron chi connectivity index (χ4n) is 4.08. The molecule has 2 amide bonds. The van der Waals surface area contributed by atoms with Crippen LogP contribution < -0.4 is 15.5 Å². The van der Waals surface area contributed by atoms with E-state index >= 15 is 0 Å². The summed E-state index contributed by atoms with van der Waals surface area (Å²) in [5.41, 5.74) is 5.38. The maximum absolute atomic E-state index is 12.8. The molecule has 1 aliphatic heterocycles. The van der Waals surface area contributed by atoms with Gasteiger partial charge in [0.1, 0.15) is 0 Å². The number of nitrogens with one attached hydrogen (secondary N) is 2. The number of carbonyl (C=O) groups excluding carboxylic acids is 2. The van der Waals surface area contributed by atoms with Gasteiger partial charge in [0, 0.05) is 30.4 Å². The lowest BCUT2D eigenvalue weighted by Crippen LogP contribution is -2.31. The van der Waals surface area contributed by atoms with E-state index in [9.17, 15) is 9.59 Å². The minimum Gasteiger partial charge on any atom is -0.367 e. The molecule has 32 heavy (non-hydrogen) atoms. The smallest absolute Gasteiger partial charge is 0.255 e. The maximum Gasteiger partial charge on any atom is 0.255 e. The SMILES string of the molecule is CC(C)NC(=O)c1ccccc1NC(=O)c1ccc(CN2CCCc3ccccc32)cc1. The largest absolute Gasteiger partial charge is 0.367 e. The van der Waals surface area contributed by atoms with E-state index < -0.39 is 0 Å². The van der Waals surface area contributed by atoms with Crippen LogP contribution in [0.25, 0.3) is 0 Å². The third-order valence-electron chi connectivity index (χ3n) is 5.64. The molecule has 0 aliphatic carbocycles. The number of benzene rings is 3.